The molecule has 3 unspecified atom stereocenters. The average Bonchev–Trinajstić information content (AvgIpc) is 4.01. The molecule has 57 heavy (non-hydrogen) atoms. The lowest BCUT2D eigenvalue weighted by atomic mass is 10.0. The van der Waals surface area contributed by atoms with Crippen molar-refractivity contribution in [3.63, 3.8) is 0 Å². The van der Waals surface area contributed by atoms with E-state index in [0.717, 1.165) is 36.5 Å². The molecule has 316 valence electrons. The first-order valence-corrected chi connectivity index (χ1v) is 19.8. The molecule has 1 aliphatic carbocycles. The van der Waals surface area contributed by atoms with Crippen LogP contribution in [0.1, 0.15) is 80.2 Å². The summed E-state index contributed by atoms with van der Waals surface area (Å²) in [6.45, 7) is 24.3. The number of carbonyl (C=O) groups excluding carboxylic acids is 5. The first kappa shape index (κ1) is 48.2. The predicted octanol–water partition coefficient (Wildman–Crippen LogP) is 6.81. The molecule has 3 rings (SSSR count). The van der Waals surface area contributed by atoms with Crippen molar-refractivity contribution in [2.75, 3.05) is 51.9 Å². The molecule has 0 spiro atoms. The number of nitrogens with zero attached hydrogens (tertiary/aromatic N) is 3. The van der Waals surface area contributed by atoms with Crippen molar-refractivity contribution >= 4 is 35.6 Å². The van der Waals surface area contributed by atoms with E-state index in [-0.39, 0.29) is 37.0 Å². The van der Waals surface area contributed by atoms with Crippen LogP contribution in [0, 0.1) is 11.8 Å². The number of allylic oxidation sites excluding steroid dienone is 3. The van der Waals surface area contributed by atoms with Crippen LogP contribution in [0.3, 0.4) is 0 Å². The van der Waals surface area contributed by atoms with Crippen LogP contribution in [0.15, 0.2) is 73.0 Å². The summed E-state index contributed by atoms with van der Waals surface area (Å²) in [5, 5.41) is 0. The summed E-state index contributed by atoms with van der Waals surface area (Å²) < 4.78 is 27.8. The van der Waals surface area contributed by atoms with Crippen LogP contribution in [0.4, 0.5) is 10.5 Å². The fourth-order valence-electron chi connectivity index (χ4n) is 5.62. The van der Waals surface area contributed by atoms with Crippen molar-refractivity contribution in [1.82, 2.24) is 9.80 Å². The van der Waals surface area contributed by atoms with Gasteiger partial charge < -0.3 is 33.5 Å². The molecule has 2 aliphatic rings. The van der Waals surface area contributed by atoms with Gasteiger partial charge in [-0.25, -0.2) is 19.2 Å². The number of esters is 3. The summed E-state index contributed by atoms with van der Waals surface area (Å²) in [5.74, 6) is -3.16. The average molecular weight is 796 g/mol. The first-order valence-electron chi connectivity index (χ1n) is 19.8. The highest BCUT2D eigenvalue weighted by atomic mass is 16.6. The van der Waals surface area contributed by atoms with E-state index in [0.29, 0.717) is 24.4 Å². The van der Waals surface area contributed by atoms with Gasteiger partial charge in [0.25, 0.3) is 5.91 Å². The Hall–Kier alpha value is -4.91. The number of morpholine rings is 1. The molecule has 2 fully saturated rings. The topological polar surface area (TPSA) is 141 Å². The van der Waals surface area contributed by atoms with Crippen molar-refractivity contribution in [1.29, 1.82) is 0 Å². The number of carbonyl (C=O) groups is 5. The van der Waals surface area contributed by atoms with E-state index in [9.17, 15) is 24.0 Å². The van der Waals surface area contributed by atoms with Crippen LogP contribution in [0.25, 0.3) is 0 Å². The smallest absolute Gasteiger partial charge is 0.414 e. The lowest BCUT2D eigenvalue weighted by Crippen LogP contribution is -2.50. The van der Waals surface area contributed by atoms with Gasteiger partial charge in [0.15, 0.2) is 12.2 Å². The standard InChI is InChI=1S/C42H59N3O10.C2H6/c1-11-13-30(12-2)27-52-38(47)29(5)53-39(48)34(24-28(3)4)43(9)37(46)36(26-32-16-18-33(19-17-32)45-20-22-51-23-21-45)54-40(49)35(25-31-14-15-31)44(10)41(50)55-42(6,7)8;1-2/h11-13,16-19,25,28-29,31,34,36H,1-2,14-15,20-24,26-27H2,3-10H3;1-2H3/b30-13+,35-25+;. The van der Waals surface area contributed by atoms with E-state index in [2.05, 4.69) is 18.1 Å². The number of likely N-dealkylation sites (N-methyl/N-ethyl adjacent to an activating group) is 2. The number of ether oxygens (including phenoxy) is 5. The number of hydrogen-bond donors (Lipinski definition) is 0. The number of rotatable bonds is 18. The third kappa shape index (κ3) is 16.2. The Morgan fingerprint density at radius 2 is 1.56 bits per heavy atom. The van der Waals surface area contributed by atoms with Crippen LogP contribution >= 0.6 is 0 Å². The summed E-state index contributed by atoms with van der Waals surface area (Å²) in [4.78, 5) is 72.5. The summed E-state index contributed by atoms with van der Waals surface area (Å²) in [7, 11) is 2.86. The Morgan fingerprint density at radius 1 is 0.947 bits per heavy atom. The van der Waals surface area contributed by atoms with Gasteiger partial charge in [-0.3, -0.25) is 9.69 Å². The largest absolute Gasteiger partial charge is 0.458 e. The Bertz CT molecular complexity index is 1580. The lowest BCUT2D eigenvalue weighted by molar-refractivity contribution is -0.172. The SMILES string of the molecule is C=C/C=C(\C=C)COC(=O)C(C)OC(=O)C(CC(C)C)N(C)C(=O)C(Cc1ccc(N2CCOCC2)cc1)OC(=O)/C(=C\C1CC1)N(C)C(=O)OC(C)(C)C.CC. The molecule has 3 atom stereocenters. The van der Waals surface area contributed by atoms with Gasteiger partial charge in [-0.1, -0.05) is 71.2 Å². The normalized spacial score (nSPS) is 16.2. The van der Waals surface area contributed by atoms with E-state index in [1.54, 1.807) is 32.9 Å². The number of amides is 2. The molecular weight excluding hydrogens is 730 g/mol. The molecule has 13 nitrogen and oxygen atoms in total. The van der Waals surface area contributed by atoms with E-state index < -0.39 is 53.8 Å². The molecule has 0 aromatic heterocycles. The maximum atomic E-state index is 14.4. The lowest BCUT2D eigenvalue weighted by Gasteiger charge is -2.32. The van der Waals surface area contributed by atoms with Crippen molar-refractivity contribution in [3.8, 4) is 0 Å². The van der Waals surface area contributed by atoms with Gasteiger partial charge in [0, 0.05) is 39.3 Å². The molecule has 1 saturated heterocycles. The second kappa shape index (κ2) is 23.4. The fourth-order valence-corrected chi connectivity index (χ4v) is 5.62. The van der Waals surface area contributed by atoms with E-state index in [1.165, 1.54) is 38.1 Å². The van der Waals surface area contributed by atoms with Gasteiger partial charge in [-0.15, -0.1) is 0 Å². The van der Waals surface area contributed by atoms with Gasteiger partial charge in [0.1, 0.15) is 23.9 Å². The Labute approximate surface area is 339 Å². The number of benzene rings is 1. The molecule has 1 heterocycles. The van der Waals surface area contributed by atoms with Gasteiger partial charge in [-0.2, -0.15) is 0 Å². The summed E-state index contributed by atoms with van der Waals surface area (Å²) >= 11 is 0. The van der Waals surface area contributed by atoms with E-state index in [4.69, 9.17) is 23.7 Å². The zero-order valence-electron chi connectivity index (χ0n) is 35.7. The minimum atomic E-state index is -1.40. The fraction of sp³-hybridized carbons (Fsp3) is 0.568. The van der Waals surface area contributed by atoms with Gasteiger partial charge in [-0.05, 0) is 88.1 Å². The molecule has 1 aliphatic heterocycles. The number of hydrogen-bond acceptors (Lipinski definition) is 11. The molecule has 1 aromatic carbocycles. The van der Waals surface area contributed by atoms with Gasteiger partial charge in [0.2, 0.25) is 0 Å². The minimum absolute atomic E-state index is 0.0266. The Morgan fingerprint density at radius 3 is 2.09 bits per heavy atom. The van der Waals surface area contributed by atoms with Crippen molar-refractivity contribution in [3.05, 3.63) is 78.6 Å². The zero-order valence-corrected chi connectivity index (χ0v) is 35.7. The van der Waals surface area contributed by atoms with Gasteiger partial charge in [0.05, 0.1) is 13.2 Å². The number of anilines is 1. The molecule has 1 saturated carbocycles. The molecule has 0 N–H and O–H groups in total. The predicted molar refractivity (Wildman–Crippen MR) is 220 cm³/mol. The zero-order chi connectivity index (χ0) is 42.9. The highest BCUT2D eigenvalue weighted by molar-refractivity contribution is 5.95. The van der Waals surface area contributed by atoms with E-state index >= 15 is 0 Å². The van der Waals surface area contributed by atoms with Crippen LogP contribution < -0.4 is 4.90 Å². The van der Waals surface area contributed by atoms with Crippen LogP contribution in [0.5, 0.6) is 0 Å². The van der Waals surface area contributed by atoms with Crippen molar-refractivity contribution in [2.24, 2.45) is 11.8 Å². The summed E-state index contributed by atoms with van der Waals surface area (Å²) in [5.41, 5.74) is 1.43. The molecule has 2 amide bonds. The Balaban J connectivity index is 0.00000551. The summed E-state index contributed by atoms with van der Waals surface area (Å²) in [6.07, 6.45) is 4.76. The second-order valence-corrected chi connectivity index (χ2v) is 15.3. The minimum Gasteiger partial charge on any atom is -0.458 e. The monoisotopic (exact) mass is 795 g/mol. The highest BCUT2D eigenvalue weighted by Crippen LogP contribution is 2.32. The molecule has 1 aromatic rings. The van der Waals surface area contributed by atoms with E-state index in [1.807, 2.05) is 52.0 Å². The Kier molecular flexibility index (Phi) is 19.8. The highest BCUT2D eigenvalue weighted by Gasteiger charge is 2.38. The quantitative estimate of drug-likeness (QED) is 0.0670. The molecule has 13 heteroatoms. The third-order valence-corrected chi connectivity index (χ3v) is 8.89. The maximum Gasteiger partial charge on any atom is 0.414 e. The molecular formula is C44H65N3O10. The van der Waals surface area contributed by atoms with Crippen LogP contribution in [0.2, 0.25) is 0 Å². The van der Waals surface area contributed by atoms with Crippen molar-refractivity contribution < 1.29 is 47.7 Å². The van der Waals surface area contributed by atoms with Crippen LogP contribution in [-0.4, -0.2) is 111 Å². The first-order chi connectivity index (χ1) is 26.9. The maximum absolute atomic E-state index is 14.4. The van der Waals surface area contributed by atoms with Crippen molar-refractivity contribution in [2.45, 2.75) is 105 Å². The van der Waals surface area contributed by atoms with Crippen LogP contribution in [-0.2, 0) is 49.3 Å². The second-order valence-electron chi connectivity index (χ2n) is 15.3. The molecule has 0 radical (unpaired) electrons. The summed E-state index contributed by atoms with van der Waals surface area (Å²) in [6, 6.07) is 6.46. The molecule has 0 bridgehead atoms. The van der Waals surface area contributed by atoms with Gasteiger partial charge >= 0.3 is 24.0 Å². The third-order valence-electron chi connectivity index (χ3n) is 8.89.